The molecule has 0 spiro atoms. The second-order valence-electron chi connectivity index (χ2n) is 6.10. The molecule has 6 nitrogen and oxygen atoms in total. The van der Waals surface area contributed by atoms with Gasteiger partial charge in [0.2, 0.25) is 11.8 Å². The summed E-state index contributed by atoms with van der Waals surface area (Å²) in [7, 11) is 1.61. The highest BCUT2D eigenvalue weighted by Gasteiger charge is 2.45. The van der Waals surface area contributed by atoms with E-state index in [1.165, 1.54) is 0 Å². The van der Waals surface area contributed by atoms with Crippen molar-refractivity contribution in [2.24, 2.45) is 0 Å². The highest BCUT2D eigenvalue weighted by molar-refractivity contribution is 6.29. The number of carbonyl (C=O) groups is 2. The summed E-state index contributed by atoms with van der Waals surface area (Å²) in [5.74, 6) is -0.596. The summed E-state index contributed by atoms with van der Waals surface area (Å²) >= 11 is 5.74. The molecule has 28 heavy (non-hydrogen) atoms. The van der Waals surface area contributed by atoms with Gasteiger partial charge >= 0.3 is 6.18 Å². The van der Waals surface area contributed by atoms with Crippen LogP contribution in [0.2, 0.25) is 5.15 Å². The van der Waals surface area contributed by atoms with Gasteiger partial charge in [-0.25, -0.2) is 4.98 Å². The van der Waals surface area contributed by atoms with Crippen molar-refractivity contribution in [3.63, 3.8) is 0 Å². The fraction of sp³-hybridized carbons (Fsp3) is 0.500. The van der Waals surface area contributed by atoms with E-state index in [9.17, 15) is 22.8 Å². The molecule has 0 aromatic carbocycles. The van der Waals surface area contributed by atoms with Gasteiger partial charge in [-0.15, -0.1) is 0 Å². The fourth-order valence-corrected chi connectivity index (χ4v) is 2.67. The highest BCUT2D eigenvalue weighted by Crippen LogP contribution is 2.25. The zero-order valence-electron chi connectivity index (χ0n) is 15.9. The second kappa shape index (κ2) is 11.0. The maximum Gasteiger partial charge on any atom is 0.410 e. The van der Waals surface area contributed by atoms with E-state index in [0.717, 1.165) is 17.5 Å². The van der Waals surface area contributed by atoms with Gasteiger partial charge in [-0.05, 0) is 19.1 Å². The first-order valence-corrected chi connectivity index (χ1v) is 8.99. The number of rotatable bonds is 3. The van der Waals surface area contributed by atoms with Gasteiger partial charge in [0.25, 0.3) is 0 Å². The van der Waals surface area contributed by atoms with E-state index in [4.69, 9.17) is 11.6 Å². The molecule has 2 heterocycles. The molecular weight excluding hydrogens is 397 g/mol. The normalized spacial score (nSPS) is 17.5. The van der Waals surface area contributed by atoms with E-state index < -0.39 is 18.1 Å². The zero-order valence-corrected chi connectivity index (χ0v) is 16.7. The predicted octanol–water partition coefficient (Wildman–Crippen LogP) is 2.34. The average Bonchev–Trinajstić information content (AvgIpc) is 2.65. The maximum absolute atomic E-state index is 12.3. The monoisotopic (exact) mass is 420 g/mol. The number of nitrogens with one attached hydrogen (secondary N) is 2. The molecule has 1 aromatic heterocycles. The Balaban J connectivity index is 0.000000283. The lowest BCUT2D eigenvalue weighted by molar-refractivity contribution is -0.191. The van der Waals surface area contributed by atoms with Crippen LogP contribution in [-0.4, -0.2) is 60.6 Å². The first-order valence-electron chi connectivity index (χ1n) is 8.61. The number of halogens is 4. The van der Waals surface area contributed by atoms with E-state index in [0.29, 0.717) is 23.7 Å². The third-order valence-corrected chi connectivity index (χ3v) is 4.21. The van der Waals surface area contributed by atoms with Crippen molar-refractivity contribution in [3.05, 3.63) is 40.7 Å². The molecule has 2 amide bonds. The summed E-state index contributed by atoms with van der Waals surface area (Å²) in [5, 5.41) is 5.64. The summed E-state index contributed by atoms with van der Waals surface area (Å²) in [6, 6.07) is 3.77. The molecule has 1 saturated heterocycles. The van der Waals surface area contributed by atoms with Crippen molar-refractivity contribution in [1.29, 1.82) is 0 Å². The van der Waals surface area contributed by atoms with Crippen molar-refractivity contribution in [3.8, 4) is 0 Å². The van der Waals surface area contributed by atoms with Crippen LogP contribution in [-0.2, 0) is 16.0 Å². The average molecular weight is 421 g/mol. The first kappa shape index (κ1) is 23.9. The van der Waals surface area contributed by atoms with Gasteiger partial charge in [-0.3, -0.25) is 9.59 Å². The van der Waals surface area contributed by atoms with Crippen LogP contribution < -0.4 is 10.6 Å². The third-order valence-electron chi connectivity index (χ3n) is 4.00. The number of amides is 2. The molecule has 0 saturated carbocycles. The lowest BCUT2D eigenvalue weighted by Gasteiger charge is -2.36. The molecule has 10 heteroatoms. The third kappa shape index (κ3) is 7.85. The summed E-state index contributed by atoms with van der Waals surface area (Å²) in [4.78, 5) is 27.0. The molecule has 1 aromatic rings. The van der Waals surface area contributed by atoms with Gasteiger partial charge in [0.1, 0.15) is 11.2 Å². The van der Waals surface area contributed by atoms with Crippen LogP contribution in [0.1, 0.15) is 19.5 Å². The zero-order chi connectivity index (χ0) is 21.3. The number of carbonyl (C=O) groups excluding carboxylic acids is 2. The molecule has 1 aliphatic heterocycles. The molecule has 1 aliphatic rings. The fourth-order valence-electron chi connectivity index (χ4n) is 2.49. The Hall–Kier alpha value is -2.13. The smallest absolute Gasteiger partial charge is 0.355 e. The minimum absolute atomic E-state index is 0.0722. The largest absolute Gasteiger partial charge is 0.410 e. The molecular formula is C18H24ClF3N4O2. The van der Waals surface area contributed by atoms with E-state index in [1.54, 1.807) is 20.0 Å². The number of piperazine rings is 1. The van der Waals surface area contributed by atoms with E-state index in [-0.39, 0.29) is 19.0 Å². The van der Waals surface area contributed by atoms with Crippen molar-refractivity contribution >= 4 is 23.4 Å². The SMILES string of the molecule is CC(=O)N1CCNCC1C(F)(F)F.CNC(=O)/C(C)=C/Cc1cccc(Cl)n1. The Morgan fingerprint density at radius 2 is 2.07 bits per heavy atom. The summed E-state index contributed by atoms with van der Waals surface area (Å²) in [6.45, 7) is 3.27. The summed E-state index contributed by atoms with van der Waals surface area (Å²) < 4.78 is 37.0. The van der Waals surface area contributed by atoms with Crippen molar-refractivity contribution in [2.75, 3.05) is 26.7 Å². The highest BCUT2D eigenvalue weighted by atomic mass is 35.5. The molecule has 0 bridgehead atoms. The topological polar surface area (TPSA) is 74.3 Å². The van der Waals surface area contributed by atoms with Gasteiger partial charge in [0, 0.05) is 51.3 Å². The Kier molecular flexibility index (Phi) is 9.40. The van der Waals surface area contributed by atoms with Crippen LogP contribution in [0.15, 0.2) is 29.8 Å². The Morgan fingerprint density at radius 3 is 2.57 bits per heavy atom. The van der Waals surface area contributed by atoms with Crippen LogP contribution in [0.4, 0.5) is 13.2 Å². The van der Waals surface area contributed by atoms with Gasteiger partial charge in [0.05, 0.1) is 0 Å². The molecule has 156 valence electrons. The van der Waals surface area contributed by atoms with Crippen LogP contribution in [0.5, 0.6) is 0 Å². The molecule has 2 rings (SSSR count). The maximum atomic E-state index is 12.3. The van der Waals surface area contributed by atoms with Crippen LogP contribution in [0, 0.1) is 0 Å². The van der Waals surface area contributed by atoms with Crippen LogP contribution in [0.25, 0.3) is 0 Å². The van der Waals surface area contributed by atoms with Gasteiger partial charge in [0.15, 0.2) is 0 Å². The van der Waals surface area contributed by atoms with Crippen LogP contribution in [0.3, 0.4) is 0 Å². The lowest BCUT2D eigenvalue weighted by atomic mass is 10.2. The quantitative estimate of drug-likeness (QED) is 0.581. The summed E-state index contributed by atoms with van der Waals surface area (Å²) in [6.07, 6.45) is -1.89. The van der Waals surface area contributed by atoms with Crippen molar-refractivity contribution in [1.82, 2.24) is 20.5 Å². The lowest BCUT2D eigenvalue weighted by Crippen LogP contribution is -2.59. The predicted molar refractivity (Wildman–Crippen MR) is 101 cm³/mol. The summed E-state index contributed by atoms with van der Waals surface area (Å²) in [5.41, 5.74) is 1.53. The van der Waals surface area contributed by atoms with E-state index >= 15 is 0 Å². The molecule has 0 aliphatic carbocycles. The number of hydrogen-bond donors (Lipinski definition) is 2. The molecule has 0 radical (unpaired) electrons. The molecule has 1 atom stereocenters. The van der Waals surface area contributed by atoms with E-state index in [1.807, 2.05) is 18.2 Å². The van der Waals surface area contributed by atoms with E-state index in [2.05, 4.69) is 15.6 Å². The van der Waals surface area contributed by atoms with Gasteiger partial charge < -0.3 is 15.5 Å². The second-order valence-corrected chi connectivity index (χ2v) is 6.48. The molecule has 1 fully saturated rings. The van der Waals surface area contributed by atoms with Gasteiger partial charge in [-0.2, -0.15) is 13.2 Å². The standard InChI is InChI=1S/C11H13ClN2O.C7H11F3N2O/c1-8(11(15)13-2)6-7-9-4-3-5-10(12)14-9;1-5(13)12-3-2-11-4-6(12)7(8,9)10/h3-6H,7H2,1-2H3,(H,13,15);6,11H,2-4H2,1H3/b8-6+;. The number of pyridine rings is 1. The first-order chi connectivity index (χ1) is 13.1. The number of aromatic nitrogens is 1. The number of likely N-dealkylation sites (N-methyl/N-ethyl adjacent to an activating group) is 1. The number of hydrogen-bond acceptors (Lipinski definition) is 4. The number of alkyl halides is 3. The Morgan fingerprint density at radius 1 is 1.39 bits per heavy atom. The number of nitrogens with zero attached hydrogens (tertiary/aromatic N) is 2. The van der Waals surface area contributed by atoms with Crippen LogP contribution >= 0.6 is 11.6 Å². The minimum Gasteiger partial charge on any atom is -0.355 e. The number of allylic oxidation sites excluding steroid dienone is 1. The minimum atomic E-state index is -4.33. The molecule has 2 N–H and O–H groups in total. The Labute approximate surface area is 167 Å². The van der Waals surface area contributed by atoms with Crippen molar-refractivity contribution < 1.29 is 22.8 Å². The Bertz CT molecular complexity index is 710. The molecule has 1 unspecified atom stereocenters. The van der Waals surface area contributed by atoms with Crippen molar-refractivity contribution in [2.45, 2.75) is 32.5 Å². The van der Waals surface area contributed by atoms with Gasteiger partial charge in [-0.1, -0.05) is 23.7 Å².